The second-order valence-corrected chi connectivity index (χ2v) is 9.71. The Balaban J connectivity index is 1.61. The Hall–Kier alpha value is -2.52. The third-order valence-corrected chi connectivity index (χ3v) is 7.23. The molecule has 7 nitrogen and oxygen atoms in total. The van der Waals surface area contributed by atoms with Crippen LogP contribution in [0, 0.1) is 0 Å². The van der Waals surface area contributed by atoms with Gasteiger partial charge in [-0.05, 0) is 24.3 Å². The van der Waals surface area contributed by atoms with Crippen LogP contribution in [0.3, 0.4) is 0 Å². The summed E-state index contributed by atoms with van der Waals surface area (Å²) >= 11 is 1.51. The van der Waals surface area contributed by atoms with Crippen LogP contribution >= 0.6 is 11.8 Å². The van der Waals surface area contributed by atoms with E-state index in [1.165, 1.54) is 23.9 Å². The molecular formula is C20H22N2O5S2. The first-order valence-electron chi connectivity index (χ1n) is 9.07. The van der Waals surface area contributed by atoms with Gasteiger partial charge in [-0.25, -0.2) is 8.42 Å². The summed E-state index contributed by atoms with van der Waals surface area (Å²) in [6, 6.07) is 12.0. The molecule has 2 aromatic rings. The quantitative estimate of drug-likeness (QED) is 0.695. The predicted molar refractivity (Wildman–Crippen MR) is 112 cm³/mol. The van der Waals surface area contributed by atoms with E-state index < -0.39 is 9.84 Å². The van der Waals surface area contributed by atoms with Crippen molar-refractivity contribution < 1.29 is 22.7 Å². The standard InChI is InChI=1S/C20H22N2O5S2/c1-27-17-5-3-2-4-14(17)13-21-19(23)9-11-29(25,26)15-6-7-18-16(12-15)22-20(24)8-10-28-18/h2-7,12H,8-11,13H2,1H3,(H,21,23)(H,22,24). The van der Waals surface area contributed by atoms with Crippen LogP contribution in [0.25, 0.3) is 0 Å². The van der Waals surface area contributed by atoms with Crippen molar-refractivity contribution in [2.45, 2.75) is 29.2 Å². The third kappa shape index (κ3) is 5.51. The first kappa shape index (κ1) is 21.2. The van der Waals surface area contributed by atoms with Gasteiger partial charge >= 0.3 is 0 Å². The SMILES string of the molecule is COc1ccccc1CNC(=O)CCS(=O)(=O)c1ccc2c(c1)NC(=O)CCS2. The molecule has 0 saturated carbocycles. The maximum atomic E-state index is 12.6. The van der Waals surface area contributed by atoms with Gasteiger partial charge in [-0.15, -0.1) is 11.8 Å². The van der Waals surface area contributed by atoms with E-state index in [-0.39, 0.29) is 35.4 Å². The summed E-state index contributed by atoms with van der Waals surface area (Å²) < 4.78 is 30.5. The van der Waals surface area contributed by atoms with Gasteiger partial charge in [0.25, 0.3) is 0 Å². The highest BCUT2D eigenvalue weighted by molar-refractivity contribution is 7.99. The van der Waals surface area contributed by atoms with E-state index >= 15 is 0 Å². The molecule has 0 unspecified atom stereocenters. The molecule has 0 saturated heterocycles. The normalized spacial score (nSPS) is 13.8. The predicted octanol–water partition coefficient (Wildman–Crippen LogP) is 2.61. The Morgan fingerprint density at radius 3 is 2.83 bits per heavy atom. The average molecular weight is 435 g/mol. The number of hydrogen-bond acceptors (Lipinski definition) is 6. The molecule has 9 heteroatoms. The van der Waals surface area contributed by atoms with Crippen molar-refractivity contribution in [3.8, 4) is 5.75 Å². The van der Waals surface area contributed by atoms with Crippen molar-refractivity contribution in [1.82, 2.24) is 5.32 Å². The molecule has 2 N–H and O–H groups in total. The van der Waals surface area contributed by atoms with Crippen LogP contribution in [0.2, 0.25) is 0 Å². The highest BCUT2D eigenvalue weighted by Gasteiger charge is 2.20. The number of hydrogen-bond donors (Lipinski definition) is 2. The zero-order chi connectivity index (χ0) is 20.9. The maximum absolute atomic E-state index is 12.6. The van der Waals surface area contributed by atoms with Gasteiger partial charge in [0.2, 0.25) is 11.8 Å². The second kappa shape index (κ2) is 9.32. The van der Waals surface area contributed by atoms with Crippen LogP contribution in [0.15, 0.2) is 52.3 Å². The molecule has 0 aromatic heterocycles. The molecule has 1 heterocycles. The number of ether oxygens (including phenoxy) is 1. The number of rotatable bonds is 7. The molecular weight excluding hydrogens is 412 g/mol. The van der Waals surface area contributed by atoms with E-state index in [1.54, 1.807) is 19.2 Å². The number of fused-ring (bicyclic) bond motifs is 1. The van der Waals surface area contributed by atoms with Crippen molar-refractivity contribution >= 4 is 39.1 Å². The number of sulfone groups is 1. The van der Waals surface area contributed by atoms with E-state index in [4.69, 9.17) is 4.74 Å². The number of nitrogens with one attached hydrogen (secondary N) is 2. The number of thioether (sulfide) groups is 1. The Morgan fingerprint density at radius 1 is 1.24 bits per heavy atom. The Kier molecular flexibility index (Phi) is 6.81. The van der Waals surface area contributed by atoms with Crippen LogP contribution in [0.1, 0.15) is 18.4 Å². The number of anilines is 1. The number of methoxy groups -OCH3 is 1. The van der Waals surface area contributed by atoms with Gasteiger partial charge in [-0.1, -0.05) is 18.2 Å². The van der Waals surface area contributed by atoms with Crippen molar-refractivity contribution in [3.05, 3.63) is 48.0 Å². The minimum atomic E-state index is -3.66. The third-order valence-electron chi connectivity index (χ3n) is 4.44. The van der Waals surface area contributed by atoms with Gasteiger partial charge in [0.15, 0.2) is 9.84 Å². The fourth-order valence-electron chi connectivity index (χ4n) is 2.87. The molecule has 0 bridgehead atoms. The first-order chi connectivity index (χ1) is 13.9. The second-order valence-electron chi connectivity index (χ2n) is 6.46. The smallest absolute Gasteiger partial charge is 0.225 e. The summed E-state index contributed by atoms with van der Waals surface area (Å²) in [5, 5.41) is 5.45. The van der Waals surface area contributed by atoms with E-state index in [2.05, 4.69) is 10.6 Å². The number of carbonyl (C=O) groups is 2. The topological polar surface area (TPSA) is 102 Å². The molecule has 0 aliphatic carbocycles. The molecule has 1 aliphatic heterocycles. The van der Waals surface area contributed by atoms with Gasteiger partial charge in [-0.2, -0.15) is 0 Å². The van der Waals surface area contributed by atoms with Crippen LogP contribution in [0.5, 0.6) is 5.75 Å². The van der Waals surface area contributed by atoms with Gasteiger partial charge in [0.1, 0.15) is 5.75 Å². The Bertz CT molecular complexity index is 1020. The van der Waals surface area contributed by atoms with E-state index in [1.807, 2.05) is 18.2 Å². The fraction of sp³-hybridized carbons (Fsp3) is 0.300. The highest BCUT2D eigenvalue weighted by Crippen LogP contribution is 2.32. The summed E-state index contributed by atoms with van der Waals surface area (Å²) in [6.07, 6.45) is 0.226. The van der Waals surface area contributed by atoms with Crippen LogP contribution in [-0.2, 0) is 26.0 Å². The number of amides is 2. The van der Waals surface area contributed by atoms with E-state index in [9.17, 15) is 18.0 Å². The lowest BCUT2D eigenvalue weighted by Gasteiger charge is -2.11. The first-order valence-corrected chi connectivity index (χ1v) is 11.7. The average Bonchev–Trinajstić information content (AvgIpc) is 2.90. The van der Waals surface area contributed by atoms with E-state index in [0.717, 1.165) is 10.5 Å². The highest BCUT2D eigenvalue weighted by atomic mass is 32.2. The number of benzene rings is 2. The lowest BCUT2D eigenvalue weighted by atomic mass is 10.2. The summed E-state index contributed by atoms with van der Waals surface area (Å²) in [6.45, 7) is 0.255. The van der Waals surface area contributed by atoms with Crippen LogP contribution in [-0.4, -0.2) is 38.8 Å². The van der Waals surface area contributed by atoms with Gasteiger partial charge in [0, 0.05) is 35.6 Å². The van der Waals surface area contributed by atoms with Gasteiger partial charge < -0.3 is 15.4 Å². The zero-order valence-corrected chi connectivity index (χ0v) is 17.6. The minimum absolute atomic E-state index is 0.0941. The minimum Gasteiger partial charge on any atom is -0.496 e. The lowest BCUT2D eigenvalue weighted by Crippen LogP contribution is -2.25. The molecule has 0 spiro atoms. The lowest BCUT2D eigenvalue weighted by molar-refractivity contribution is -0.121. The molecule has 29 heavy (non-hydrogen) atoms. The van der Waals surface area contributed by atoms with Crippen molar-refractivity contribution in [1.29, 1.82) is 0 Å². The molecule has 1 aliphatic rings. The monoisotopic (exact) mass is 434 g/mol. The molecule has 3 rings (SSSR count). The van der Waals surface area contributed by atoms with Crippen molar-refractivity contribution in [2.24, 2.45) is 0 Å². The summed E-state index contributed by atoms with van der Waals surface area (Å²) in [5.74, 6) is 0.493. The Morgan fingerprint density at radius 2 is 2.03 bits per heavy atom. The molecule has 0 radical (unpaired) electrons. The summed E-state index contributed by atoms with van der Waals surface area (Å²) in [7, 11) is -2.11. The van der Waals surface area contributed by atoms with Crippen molar-refractivity contribution in [2.75, 3.05) is 23.9 Å². The fourth-order valence-corrected chi connectivity index (χ4v) is 5.07. The molecule has 154 valence electrons. The number of carbonyl (C=O) groups excluding carboxylic acids is 2. The summed E-state index contributed by atoms with van der Waals surface area (Å²) in [5.41, 5.74) is 1.31. The molecule has 0 atom stereocenters. The van der Waals surface area contributed by atoms with Crippen molar-refractivity contribution in [3.63, 3.8) is 0 Å². The maximum Gasteiger partial charge on any atom is 0.225 e. The Labute approximate surface area is 174 Å². The van der Waals surface area contributed by atoms with Crippen LogP contribution in [0.4, 0.5) is 5.69 Å². The van der Waals surface area contributed by atoms with Gasteiger partial charge in [-0.3, -0.25) is 9.59 Å². The van der Waals surface area contributed by atoms with Gasteiger partial charge in [0.05, 0.1) is 23.4 Å². The molecule has 2 aromatic carbocycles. The zero-order valence-electron chi connectivity index (χ0n) is 15.9. The van der Waals surface area contributed by atoms with Crippen LogP contribution < -0.4 is 15.4 Å². The summed E-state index contributed by atoms with van der Waals surface area (Å²) in [4.78, 5) is 24.8. The molecule has 0 fully saturated rings. The molecule has 2 amide bonds. The van der Waals surface area contributed by atoms with E-state index in [0.29, 0.717) is 23.6 Å². The number of para-hydroxylation sites is 1. The largest absolute Gasteiger partial charge is 0.496 e.